The van der Waals surface area contributed by atoms with Crippen molar-refractivity contribution in [1.82, 2.24) is 0 Å². The number of hydrogen-bond donors (Lipinski definition) is 1. The first-order valence-corrected chi connectivity index (χ1v) is 6.75. The van der Waals surface area contributed by atoms with Crippen molar-refractivity contribution in [3.8, 4) is 11.8 Å². The molecule has 1 aromatic rings. The van der Waals surface area contributed by atoms with E-state index >= 15 is 0 Å². The van der Waals surface area contributed by atoms with Crippen LogP contribution in [0.25, 0.3) is 0 Å². The number of rotatable bonds is 3. The Morgan fingerprint density at radius 2 is 2.17 bits per heavy atom. The maximum absolute atomic E-state index is 11.1. The Hall–Kier alpha value is -1.84. The smallest absolute Gasteiger partial charge is 0.317 e. The van der Waals surface area contributed by atoms with Crippen molar-refractivity contribution >= 4 is 16.0 Å². The van der Waals surface area contributed by atoms with Gasteiger partial charge in [-0.3, -0.25) is 4.79 Å². The third-order valence-corrected chi connectivity index (χ3v) is 2.84. The summed E-state index contributed by atoms with van der Waals surface area (Å²) in [5, 5.41) is 4.99. The number of benzene rings is 1. The van der Waals surface area contributed by atoms with Crippen LogP contribution in [0.2, 0.25) is 0 Å². The number of ether oxygens (including phenoxy) is 1. The van der Waals surface area contributed by atoms with Crippen LogP contribution in [0, 0.1) is 11.8 Å². The minimum Gasteiger partial charge on any atom is -0.465 e. The largest absolute Gasteiger partial charge is 0.465 e. The first kappa shape index (κ1) is 14.2. The average Bonchev–Trinajstić information content (AvgIpc) is 2.29. The molecule has 0 aliphatic rings. The molecule has 18 heavy (non-hydrogen) atoms. The lowest BCUT2D eigenvalue weighted by molar-refractivity contribution is -0.141. The predicted octanol–water partition coefficient (Wildman–Crippen LogP) is 0.639. The number of hydrogen-bond acceptors (Lipinski definition) is 4. The van der Waals surface area contributed by atoms with Gasteiger partial charge < -0.3 is 4.74 Å². The van der Waals surface area contributed by atoms with E-state index in [-0.39, 0.29) is 11.3 Å². The maximum atomic E-state index is 11.1. The molecule has 0 radical (unpaired) electrons. The molecule has 1 aromatic carbocycles. The van der Waals surface area contributed by atoms with E-state index in [1.807, 2.05) is 0 Å². The summed E-state index contributed by atoms with van der Waals surface area (Å²) in [4.78, 5) is 11.0. The highest BCUT2D eigenvalue weighted by atomic mass is 32.2. The summed E-state index contributed by atoms with van der Waals surface area (Å²) in [6, 6.07) is 5.90. The molecular formula is C12H13NO4S. The molecule has 0 heterocycles. The van der Waals surface area contributed by atoms with Crippen molar-refractivity contribution in [1.29, 1.82) is 0 Å². The lowest BCUT2D eigenvalue weighted by Gasteiger charge is -1.98. The van der Waals surface area contributed by atoms with Gasteiger partial charge in [-0.15, -0.1) is 0 Å². The van der Waals surface area contributed by atoms with Gasteiger partial charge in [0.2, 0.25) is 10.0 Å². The molecule has 0 spiro atoms. The minimum absolute atomic E-state index is 0.00886. The quantitative estimate of drug-likeness (QED) is 0.643. The van der Waals surface area contributed by atoms with Gasteiger partial charge in [-0.1, -0.05) is 17.9 Å². The van der Waals surface area contributed by atoms with Crippen LogP contribution in [-0.4, -0.2) is 21.0 Å². The molecule has 0 aromatic heterocycles. The van der Waals surface area contributed by atoms with Crippen molar-refractivity contribution in [2.24, 2.45) is 5.14 Å². The summed E-state index contributed by atoms with van der Waals surface area (Å²) < 4.78 is 26.9. The van der Waals surface area contributed by atoms with Crippen LogP contribution in [0.5, 0.6) is 0 Å². The molecule has 0 aliphatic heterocycles. The molecule has 0 unspecified atom stereocenters. The second-order valence-corrected chi connectivity index (χ2v) is 4.92. The zero-order valence-corrected chi connectivity index (χ0v) is 10.7. The van der Waals surface area contributed by atoms with Crippen LogP contribution >= 0.6 is 0 Å². The van der Waals surface area contributed by atoms with Gasteiger partial charge >= 0.3 is 5.97 Å². The lowest BCUT2D eigenvalue weighted by atomic mass is 10.2. The Morgan fingerprint density at radius 1 is 1.44 bits per heavy atom. The molecule has 0 saturated heterocycles. The van der Waals surface area contributed by atoms with Crippen molar-refractivity contribution in [3.05, 3.63) is 29.8 Å². The van der Waals surface area contributed by atoms with Crippen LogP contribution in [0.1, 0.15) is 18.9 Å². The minimum atomic E-state index is -3.73. The van der Waals surface area contributed by atoms with Gasteiger partial charge in [0, 0.05) is 5.56 Å². The van der Waals surface area contributed by atoms with Crippen LogP contribution in [0.4, 0.5) is 0 Å². The molecule has 5 nitrogen and oxygen atoms in total. The Morgan fingerprint density at radius 3 is 2.78 bits per heavy atom. The van der Waals surface area contributed by atoms with Crippen molar-refractivity contribution in [2.45, 2.75) is 18.2 Å². The van der Waals surface area contributed by atoms with Crippen LogP contribution in [-0.2, 0) is 19.6 Å². The maximum Gasteiger partial charge on any atom is 0.317 e. The van der Waals surface area contributed by atoms with Gasteiger partial charge in [-0.25, -0.2) is 13.6 Å². The Kier molecular flexibility index (Phi) is 4.89. The van der Waals surface area contributed by atoms with Gasteiger partial charge in [0.25, 0.3) is 0 Å². The number of primary sulfonamides is 1. The SMILES string of the molecule is CCOC(=O)CC#Cc1cccc(S(N)(=O)=O)c1. The van der Waals surface area contributed by atoms with Gasteiger partial charge in [0.05, 0.1) is 11.5 Å². The number of esters is 1. The fourth-order valence-electron chi connectivity index (χ4n) is 1.18. The van der Waals surface area contributed by atoms with E-state index in [9.17, 15) is 13.2 Å². The Labute approximate surface area is 106 Å². The van der Waals surface area contributed by atoms with Gasteiger partial charge in [-0.2, -0.15) is 0 Å². The van der Waals surface area contributed by atoms with Crippen molar-refractivity contribution in [2.75, 3.05) is 6.61 Å². The highest BCUT2D eigenvalue weighted by molar-refractivity contribution is 7.89. The van der Waals surface area contributed by atoms with E-state index in [0.29, 0.717) is 12.2 Å². The van der Waals surface area contributed by atoms with E-state index < -0.39 is 16.0 Å². The van der Waals surface area contributed by atoms with Gasteiger partial charge in [0.1, 0.15) is 6.42 Å². The van der Waals surface area contributed by atoms with Gasteiger partial charge in [-0.05, 0) is 25.1 Å². The average molecular weight is 267 g/mol. The van der Waals surface area contributed by atoms with Gasteiger partial charge in [0.15, 0.2) is 0 Å². The molecule has 0 atom stereocenters. The van der Waals surface area contributed by atoms with E-state index in [1.165, 1.54) is 18.2 Å². The summed E-state index contributed by atoms with van der Waals surface area (Å²) in [6.07, 6.45) is -0.0343. The predicted molar refractivity (Wildman–Crippen MR) is 65.9 cm³/mol. The molecule has 1 rings (SSSR count). The molecule has 0 amide bonds. The van der Waals surface area contributed by atoms with Crippen LogP contribution in [0.15, 0.2) is 29.2 Å². The monoisotopic (exact) mass is 267 g/mol. The fourth-order valence-corrected chi connectivity index (χ4v) is 1.74. The van der Waals surface area contributed by atoms with E-state index in [1.54, 1.807) is 13.0 Å². The first-order chi connectivity index (χ1) is 8.43. The third-order valence-electron chi connectivity index (χ3n) is 1.93. The Bertz CT molecular complexity index is 596. The third kappa shape index (κ3) is 4.57. The van der Waals surface area contributed by atoms with Crippen LogP contribution in [0.3, 0.4) is 0 Å². The summed E-state index contributed by atoms with van der Waals surface area (Å²) in [7, 11) is -3.73. The summed E-state index contributed by atoms with van der Waals surface area (Å²) in [6.45, 7) is 2.02. The van der Waals surface area contributed by atoms with E-state index in [0.717, 1.165) is 0 Å². The lowest BCUT2D eigenvalue weighted by Crippen LogP contribution is -2.12. The highest BCUT2D eigenvalue weighted by Crippen LogP contribution is 2.08. The number of carbonyl (C=O) groups is 1. The number of carbonyl (C=O) groups excluding carboxylic acids is 1. The molecule has 0 bridgehead atoms. The first-order valence-electron chi connectivity index (χ1n) is 5.21. The summed E-state index contributed by atoms with van der Waals surface area (Å²) in [5.41, 5.74) is 0.478. The fraction of sp³-hybridized carbons (Fsp3) is 0.250. The van der Waals surface area contributed by atoms with E-state index in [2.05, 4.69) is 11.8 Å². The number of sulfonamides is 1. The molecule has 6 heteroatoms. The second-order valence-electron chi connectivity index (χ2n) is 3.36. The van der Waals surface area contributed by atoms with E-state index in [4.69, 9.17) is 9.88 Å². The number of nitrogens with two attached hydrogens (primary N) is 1. The second kappa shape index (κ2) is 6.19. The summed E-state index contributed by atoms with van der Waals surface area (Å²) in [5.74, 6) is 4.87. The normalized spacial score (nSPS) is 10.3. The summed E-state index contributed by atoms with van der Waals surface area (Å²) >= 11 is 0. The molecule has 0 saturated carbocycles. The standard InChI is InChI=1S/C12H13NO4S/c1-2-17-12(14)8-4-6-10-5-3-7-11(9-10)18(13,15)16/h3,5,7,9H,2,8H2,1H3,(H2,13,15,16). The molecular weight excluding hydrogens is 254 g/mol. The zero-order chi connectivity index (χ0) is 13.6. The highest BCUT2D eigenvalue weighted by Gasteiger charge is 2.06. The topological polar surface area (TPSA) is 86.5 Å². The molecule has 0 fully saturated rings. The van der Waals surface area contributed by atoms with Crippen molar-refractivity contribution < 1.29 is 17.9 Å². The molecule has 96 valence electrons. The zero-order valence-electron chi connectivity index (χ0n) is 9.84. The van der Waals surface area contributed by atoms with Crippen molar-refractivity contribution in [3.63, 3.8) is 0 Å². The molecule has 0 aliphatic carbocycles. The Balaban J connectivity index is 2.81. The van der Waals surface area contributed by atoms with Crippen LogP contribution < -0.4 is 5.14 Å². The molecule has 2 N–H and O–H groups in total.